The fourth-order valence-corrected chi connectivity index (χ4v) is 1.84. The van der Waals surface area contributed by atoms with Crippen molar-refractivity contribution in [3.8, 4) is 0 Å². The fourth-order valence-electron chi connectivity index (χ4n) is 1.60. The summed E-state index contributed by atoms with van der Waals surface area (Å²) in [4.78, 5) is 16.0. The summed E-state index contributed by atoms with van der Waals surface area (Å²) in [6.45, 7) is 2.00. The Hall–Kier alpha value is -1.69. The molecule has 2 heterocycles. The number of pyridine rings is 1. The van der Waals surface area contributed by atoms with E-state index in [2.05, 4.69) is 31.3 Å². The number of nitrogens with zero attached hydrogens (tertiary/aromatic N) is 3. The molecule has 18 heavy (non-hydrogen) atoms. The lowest BCUT2D eigenvalue weighted by Crippen LogP contribution is -2.12. The van der Waals surface area contributed by atoms with Crippen LogP contribution in [0.5, 0.6) is 0 Å². The minimum atomic E-state index is -0.183. The molecule has 0 bridgehead atoms. The van der Waals surface area contributed by atoms with Crippen LogP contribution in [0, 0.1) is 0 Å². The molecule has 0 spiro atoms. The third-order valence-electron chi connectivity index (χ3n) is 2.48. The third-order valence-corrected chi connectivity index (χ3v) is 2.95. The number of carbonyl (C=O) groups excluding carboxylic acids is 1. The Morgan fingerprint density at radius 2 is 2.28 bits per heavy atom. The van der Waals surface area contributed by atoms with Gasteiger partial charge in [-0.05, 0) is 34.5 Å². The highest BCUT2D eigenvalue weighted by molar-refractivity contribution is 9.10. The lowest BCUT2D eigenvalue weighted by Gasteiger charge is -2.03. The Bertz CT molecular complexity index is 562. The second-order valence-corrected chi connectivity index (χ2v) is 4.65. The third kappa shape index (κ3) is 2.76. The number of carbonyl (C=O) groups is 1. The van der Waals surface area contributed by atoms with Gasteiger partial charge in [0.15, 0.2) is 0 Å². The van der Waals surface area contributed by atoms with Crippen LogP contribution in [-0.2, 0) is 13.5 Å². The lowest BCUT2D eigenvalue weighted by molar-refractivity contribution is 0.102. The van der Waals surface area contributed by atoms with E-state index in [4.69, 9.17) is 0 Å². The standard InChI is InChI=1S/C12H13BrN4O/c1-3-9-10(7-17(2)16-9)15-12(18)8-4-5-11(13)14-6-8/h4-7H,3H2,1-2H3,(H,15,18). The minimum absolute atomic E-state index is 0.183. The van der Waals surface area contributed by atoms with Crippen molar-refractivity contribution in [1.29, 1.82) is 0 Å². The summed E-state index contributed by atoms with van der Waals surface area (Å²) in [7, 11) is 1.83. The van der Waals surface area contributed by atoms with Crippen LogP contribution in [0.15, 0.2) is 29.1 Å². The van der Waals surface area contributed by atoms with E-state index in [0.717, 1.165) is 17.8 Å². The van der Waals surface area contributed by atoms with E-state index >= 15 is 0 Å². The lowest BCUT2D eigenvalue weighted by atomic mass is 10.2. The van der Waals surface area contributed by atoms with Crippen molar-refractivity contribution in [3.05, 3.63) is 40.4 Å². The molecule has 0 atom stereocenters. The first-order valence-electron chi connectivity index (χ1n) is 5.55. The first-order chi connectivity index (χ1) is 8.60. The first-order valence-corrected chi connectivity index (χ1v) is 6.35. The molecule has 2 aromatic rings. The van der Waals surface area contributed by atoms with Crippen LogP contribution < -0.4 is 5.32 Å². The van der Waals surface area contributed by atoms with Crippen molar-refractivity contribution in [2.24, 2.45) is 7.05 Å². The van der Waals surface area contributed by atoms with E-state index in [1.165, 1.54) is 6.20 Å². The van der Waals surface area contributed by atoms with Crippen LogP contribution in [0.4, 0.5) is 5.69 Å². The molecule has 2 aromatic heterocycles. The number of hydrogen-bond acceptors (Lipinski definition) is 3. The van der Waals surface area contributed by atoms with Crippen molar-refractivity contribution in [2.45, 2.75) is 13.3 Å². The van der Waals surface area contributed by atoms with Crippen molar-refractivity contribution < 1.29 is 4.79 Å². The SMILES string of the molecule is CCc1nn(C)cc1NC(=O)c1ccc(Br)nc1. The van der Waals surface area contributed by atoms with Gasteiger partial charge in [-0.25, -0.2) is 4.98 Å². The molecular formula is C12H13BrN4O. The topological polar surface area (TPSA) is 59.8 Å². The van der Waals surface area contributed by atoms with Crippen LogP contribution in [0.3, 0.4) is 0 Å². The number of hydrogen-bond donors (Lipinski definition) is 1. The Kier molecular flexibility index (Phi) is 3.76. The highest BCUT2D eigenvalue weighted by Crippen LogP contribution is 2.15. The molecule has 0 radical (unpaired) electrons. The van der Waals surface area contributed by atoms with Crippen molar-refractivity contribution in [2.75, 3.05) is 5.32 Å². The molecule has 2 rings (SSSR count). The van der Waals surface area contributed by atoms with E-state index in [-0.39, 0.29) is 5.91 Å². The monoisotopic (exact) mass is 308 g/mol. The maximum absolute atomic E-state index is 12.0. The molecule has 0 aliphatic carbocycles. The van der Waals surface area contributed by atoms with Crippen LogP contribution in [-0.4, -0.2) is 20.7 Å². The maximum Gasteiger partial charge on any atom is 0.257 e. The molecular weight excluding hydrogens is 296 g/mol. The quantitative estimate of drug-likeness (QED) is 0.886. The number of nitrogens with one attached hydrogen (secondary N) is 1. The number of anilines is 1. The van der Waals surface area contributed by atoms with Crippen molar-refractivity contribution in [3.63, 3.8) is 0 Å². The number of aryl methyl sites for hydroxylation is 2. The van der Waals surface area contributed by atoms with Gasteiger partial charge in [-0.3, -0.25) is 9.48 Å². The largest absolute Gasteiger partial charge is 0.319 e. The highest BCUT2D eigenvalue weighted by Gasteiger charge is 2.11. The highest BCUT2D eigenvalue weighted by atomic mass is 79.9. The Labute approximate surface area is 113 Å². The second kappa shape index (κ2) is 5.30. The molecule has 6 heteroatoms. The number of rotatable bonds is 3. The molecule has 5 nitrogen and oxygen atoms in total. The van der Waals surface area contributed by atoms with Crippen LogP contribution in [0.25, 0.3) is 0 Å². The average molecular weight is 309 g/mol. The Morgan fingerprint density at radius 1 is 1.50 bits per heavy atom. The van der Waals surface area contributed by atoms with Gasteiger partial charge in [0.25, 0.3) is 5.91 Å². The molecule has 94 valence electrons. The first kappa shape index (κ1) is 12.8. The van der Waals surface area contributed by atoms with Crippen LogP contribution in [0.1, 0.15) is 23.0 Å². The Balaban J connectivity index is 2.18. The predicted octanol–water partition coefficient (Wildman–Crippen LogP) is 2.39. The van der Waals surface area contributed by atoms with Gasteiger partial charge in [-0.2, -0.15) is 5.10 Å². The summed E-state index contributed by atoms with van der Waals surface area (Å²) in [6, 6.07) is 3.45. The molecule has 0 unspecified atom stereocenters. The zero-order valence-corrected chi connectivity index (χ0v) is 11.7. The van der Waals surface area contributed by atoms with E-state index in [1.54, 1.807) is 23.0 Å². The van der Waals surface area contributed by atoms with Crippen molar-refractivity contribution in [1.82, 2.24) is 14.8 Å². The van der Waals surface area contributed by atoms with Crippen LogP contribution in [0.2, 0.25) is 0 Å². The maximum atomic E-state index is 12.0. The van der Waals surface area contributed by atoms with Gasteiger partial charge >= 0.3 is 0 Å². The Morgan fingerprint density at radius 3 is 2.89 bits per heavy atom. The van der Waals surface area contributed by atoms with Gasteiger partial charge in [0.2, 0.25) is 0 Å². The number of aromatic nitrogens is 3. The summed E-state index contributed by atoms with van der Waals surface area (Å²) in [5, 5.41) is 7.11. The number of halogens is 1. The van der Waals surface area contributed by atoms with E-state index in [0.29, 0.717) is 10.2 Å². The zero-order valence-electron chi connectivity index (χ0n) is 10.1. The van der Waals surface area contributed by atoms with Crippen LogP contribution >= 0.6 is 15.9 Å². The van der Waals surface area contributed by atoms with Gasteiger partial charge < -0.3 is 5.32 Å². The van der Waals surface area contributed by atoms with Gasteiger partial charge in [0, 0.05) is 19.4 Å². The van der Waals surface area contributed by atoms with Gasteiger partial charge in [-0.15, -0.1) is 0 Å². The molecule has 0 aliphatic rings. The zero-order chi connectivity index (χ0) is 13.1. The summed E-state index contributed by atoms with van der Waals surface area (Å²) in [5.41, 5.74) is 2.13. The number of amides is 1. The molecule has 0 aromatic carbocycles. The molecule has 1 amide bonds. The second-order valence-electron chi connectivity index (χ2n) is 3.84. The summed E-state index contributed by atoms with van der Waals surface area (Å²) < 4.78 is 2.39. The minimum Gasteiger partial charge on any atom is -0.319 e. The molecule has 0 fully saturated rings. The molecule has 0 saturated heterocycles. The van der Waals surface area contributed by atoms with Crippen molar-refractivity contribution >= 4 is 27.5 Å². The predicted molar refractivity (Wildman–Crippen MR) is 72.5 cm³/mol. The van der Waals surface area contributed by atoms with Gasteiger partial charge in [-0.1, -0.05) is 6.92 Å². The summed E-state index contributed by atoms with van der Waals surface area (Å²) >= 11 is 3.23. The fraction of sp³-hybridized carbons (Fsp3) is 0.250. The molecule has 0 saturated carbocycles. The summed E-state index contributed by atoms with van der Waals surface area (Å²) in [5.74, 6) is -0.183. The smallest absolute Gasteiger partial charge is 0.257 e. The average Bonchev–Trinajstić information content (AvgIpc) is 2.70. The van der Waals surface area contributed by atoms with E-state index < -0.39 is 0 Å². The van der Waals surface area contributed by atoms with Gasteiger partial charge in [0.1, 0.15) is 4.60 Å². The summed E-state index contributed by atoms with van der Waals surface area (Å²) in [6.07, 6.45) is 4.10. The molecule has 1 N–H and O–H groups in total. The van der Waals surface area contributed by atoms with E-state index in [9.17, 15) is 4.79 Å². The normalized spacial score (nSPS) is 10.4. The molecule has 0 aliphatic heterocycles. The van der Waals surface area contributed by atoms with E-state index in [1.807, 2.05) is 14.0 Å². The van der Waals surface area contributed by atoms with Gasteiger partial charge in [0.05, 0.1) is 16.9 Å².